The number of ketones is 1. The number of aromatic amines is 1. The number of hydrogen-bond acceptors (Lipinski definition) is 4. The highest BCUT2D eigenvalue weighted by Crippen LogP contribution is 2.47. The van der Waals surface area contributed by atoms with Crippen LogP contribution in [0.3, 0.4) is 0 Å². The van der Waals surface area contributed by atoms with Gasteiger partial charge in [-0.3, -0.25) is 19.1 Å². The van der Waals surface area contributed by atoms with Crippen LogP contribution in [0.15, 0.2) is 63.7 Å². The van der Waals surface area contributed by atoms with Crippen LogP contribution in [0.1, 0.15) is 33.0 Å². The first kappa shape index (κ1) is 16.4. The summed E-state index contributed by atoms with van der Waals surface area (Å²) in [6.07, 6.45) is 0. The van der Waals surface area contributed by atoms with E-state index in [1.807, 2.05) is 12.1 Å². The number of allylic oxidation sites excluding steroid dienone is 1. The van der Waals surface area contributed by atoms with Crippen LogP contribution in [0.4, 0.5) is 10.2 Å². The summed E-state index contributed by atoms with van der Waals surface area (Å²) in [6.45, 7) is 0. The zero-order chi connectivity index (χ0) is 19.6. The van der Waals surface area contributed by atoms with Crippen LogP contribution in [0.5, 0.6) is 0 Å². The van der Waals surface area contributed by atoms with Crippen LogP contribution in [0.25, 0.3) is 5.70 Å². The van der Waals surface area contributed by atoms with Crippen molar-refractivity contribution in [1.82, 2.24) is 9.55 Å². The molecule has 5 rings (SSSR count). The molecule has 0 bridgehead atoms. The molecule has 0 spiro atoms. The van der Waals surface area contributed by atoms with E-state index < -0.39 is 23.0 Å². The van der Waals surface area contributed by atoms with Crippen molar-refractivity contribution in [2.45, 2.75) is 5.92 Å². The molecule has 28 heavy (non-hydrogen) atoms. The fourth-order valence-corrected chi connectivity index (χ4v) is 4.05. The highest BCUT2D eigenvalue weighted by atomic mass is 19.1. The standard InChI is InChI=1S/C21H14FN3O3/c1-25-19-16(20(27)24-21(25)28)14(10-5-4-6-11(22)9-10)15-17(23-19)12-7-2-3-8-13(12)18(15)26/h2-9,14,23H,1H3,(H,24,27,28). The third-order valence-electron chi connectivity index (χ3n) is 5.32. The zero-order valence-electron chi connectivity index (χ0n) is 14.7. The molecular formula is C21H14FN3O3. The van der Waals surface area contributed by atoms with Gasteiger partial charge in [-0.2, -0.15) is 0 Å². The number of rotatable bonds is 1. The molecule has 2 aliphatic rings. The molecule has 1 unspecified atom stereocenters. The molecule has 3 aromatic rings. The van der Waals surface area contributed by atoms with Gasteiger partial charge in [0.2, 0.25) is 0 Å². The lowest BCUT2D eigenvalue weighted by atomic mass is 9.81. The zero-order valence-corrected chi connectivity index (χ0v) is 14.7. The van der Waals surface area contributed by atoms with Crippen molar-refractivity contribution in [2.75, 3.05) is 5.32 Å². The average molecular weight is 375 g/mol. The third kappa shape index (κ3) is 2.10. The van der Waals surface area contributed by atoms with E-state index in [1.165, 1.54) is 29.8 Å². The minimum atomic E-state index is -0.794. The van der Waals surface area contributed by atoms with E-state index in [4.69, 9.17) is 0 Å². The quantitative estimate of drug-likeness (QED) is 0.684. The molecule has 0 amide bonds. The Morgan fingerprint density at radius 3 is 2.50 bits per heavy atom. The number of nitrogens with one attached hydrogen (secondary N) is 2. The van der Waals surface area contributed by atoms with Crippen molar-refractivity contribution in [3.63, 3.8) is 0 Å². The van der Waals surface area contributed by atoms with E-state index >= 15 is 0 Å². The van der Waals surface area contributed by atoms with E-state index in [-0.39, 0.29) is 11.3 Å². The topological polar surface area (TPSA) is 84.0 Å². The van der Waals surface area contributed by atoms with E-state index in [1.54, 1.807) is 18.2 Å². The molecule has 0 saturated heterocycles. The van der Waals surface area contributed by atoms with E-state index in [9.17, 15) is 18.8 Å². The SMILES string of the molecule is Cn1c2c(c(=O)[nH]c1=O)C(c1cccc(F)c1)C1=C(N2)c2ccccc2C1=O. The molecule has 1 aromatic heterocycles. The number of halogens is 1. The molecular weight excluding hydrogens is 361 g/mol. The molecule has 7 heteroatoms. The van der Waals surface area contributed by atoms with Gasteiger partial charge >= 0.3 is 5.69 Å². The van der Waals surface area contributed by atoms with Crippen molar-refractivity contribution < 1.29 is 9.18 Å². The van der Waals surface area contributed by atoms with Crippen molar-refractivity contribution in [3.05, 3.63) is 103 Å². The fraction of sp³-hybridized carbons (Fsp3) is 0.0952. The van der Waals surface area contributed by atoms with Crippen LogP contribution < -0.4 is 16.6 Å². The molecule has 0 fully saturated rings. The van der Waals surface area contributed by atoms with Gasteiger partial charge in [-0.1, -0.05) is 36.4 Å². The molecule has 0 saturated carbocycles. The number of fused-ring (bicyclic) bond motifs is 3. The highest BCUT2D eigenvalue weighted by molar-refractivity contribution is 6.23. The van der Waals surface area contributed by atoms with Crippen molar-refractivity contribution >= 4 is 17.3 Å². The number of benzene rings is 2. The van der Waals surface area contributed by atoms with Crippen LogP contribution in [-0.4, -0.2) is 15.3 Å². The van der Waals surface area contributed by atoms with Crippen LogP contribution >= 0.6 is 0 Å². The van der Waals surface area contributed by atoms with Gasteiger partial charge in [0, 0.05) is 29.7 Å². The number of nitrogens with zero attached hydrogens (tertiary/aromatic N) is 1. The number of carbonyl (C=O) groups is 1. The van der Waals surface area contributed by atoms with Gasteiger partial charge in [-0.25, -0.2) is 9.18 Å². The third-order valence-corrected chi connectivity index (χ3v) is 5.32. The minimum absolute atomic E-state index is 0.215. The summed E-state index contributed by atoms with van der Waals surface area (Å²) >= 11 is 0. The summed E-state index contributed by atoms with van der Waals surface area (Å²) in [5.41, 5.74) is 1.64. The number of hydrogen-bond donors (Lipinski definition) is 2. The van der Waals surface area contributed by atoms with Crippen LogP contribution in [-0.2, 0) is 7.05 Å². The highest BCUT2D eigenvalue weighted by Gasteiger charge is 2.42. The summed E-state index contributed by atoms with van der Waals surface area (Å²) in [5, 5.41) is 3.12. The van der Waals surface area contributed by atoms with Gasteiger partial charge in [0.1, 0.15) is 11.6 Å². The van der Waals surface area contributed by atoms with Crippen LogP contribution in [0, 0.1) is 5.82 Å². The molecule has 2 heterocycles. The summed E-state index contributed by atoms with van der Waals surface area (Å²) < 4.78 is 15.3. The Balaban J connectivity index is 1.88. The Kier molecular flexibility index (Phi) is 3.30. The maximum absolute atomic E-state index is 14.0. The summed E-state index contributed by atoms with van der Waals surface area (Å²) in [6, 6.07) is 12.9. The molecule has 2 N–H and O–H groups in total. The first-order chi connectivity index (χ1) is 13.5. The Bertz CT molecular complexity index is 1330. The molecule has 6 nitrogen and oxygen atoms in total. The first-order valence-corrected chi connectivity index (χ1v) is 8.71. The second-order valence-electron chi connectivity index (χ2n) is 6.86. The summed E-state index contributed by atoms with van der Waals surface area (Å²) in [4.78, 5) is 40.4. The number of Topliss-reactive ketones (excluding diaryl/α,β-unsaturated/α-hetero) is 1. The maximum atomic E-state index is 14.0. The van der Waals surface area contributed by atoms with Crippen molar-refractivity contribution in [3.8, 4) is 0 Å². The lowest BCUT2D eigenvalue weighted by Crippen LogP contribution is -2.37. The predicted octanol–water partition coefficient (Wildman–Crippen LogP) is 2.38. The largest absolute Gasteiger partial charge is 0.340 e. The summed E-state index contributed by atoms with van der Waals surface area (Å²) in [5.74, 6) is -1.18. The Labute approximate surface area is 158 Å². The van der Waals surface area contributed by atoms with E-state index in [0.29, 0.717) is 33.8 Å². The predicted molar refractivity (Wildman–Crippen MR) is 102 cm³/mol. The second-order valence-corrected chi connectivity index (χ2v) is 6.86. The Morgan fingerprint density at radius 2 is 1.75 bits per heavy atom. The molecule has 1 atom stereocenters. The van der Waals surface area contributed by atoms with Gasteiger partial charge in [0.05, 0.1) is 11.3 Å². The van der Waals surface area contributed by atoms with Gasteiger partial charge in [0.15, 0.2) is 5.78 Å². The average Bonchev–Trinajstić information content (AvgIpc) is 2.97. The number of anilines is 1. The van der Waals surface area contributed by atoms with Crippen LogP contribution in [0.2, 0.25) is 0 Å². The molecule has 138 valence electrons. The fourth-order valence-electron chi connectivity index (χ4n) is 4.05. The summed E-state index contributed by atoms with van der Waals surface area (Å²) in [7, 11) is 1.53. The van der Waals surface area contributed by atoms with E-state index in [2.05, 4.69) is 10.3 Å². The maximum Gasteiger partial charge on any atom is 0.329 e. The van der Waals surface area contributed by atoms with Crippen molar-refractivity contribution in [1.29, 1.82) is 0 Å². The van der Waals surface area contributed by atoms with Gasteiger partial charge in [-0.15, -0.1) is 0 Å². The molecule has 0 radical (unpaired) electrons. The molecule has 1 aliphatic carbocycles. The van der Waals surface area contributed by atoms with Gasteiger partial charge in [-0.05, 0) is 17.7 Å². The number of aromatic nitrogens is 2. The molecule has 2 aromatic carbocycles. The second kappa shape index (κ2) is 5.63. The number of carbonyl (C=O) groups excluding carboxylic acids is 1. The normalized spacial score (nSPS) is 17.1. The van der Waals surface area contributed by atoms with Crippen molar-refractivity contribution in [2.24, 2.45) is 7.05 Å². The van der Waals surface area contributed by atoms with Gasteiger partial charge in [0.25, 0.3) is 5.56 Å². The Morgan fingerprint density at radius 1 is 1.00 bits per heavy atom. The molecule has 1 aliphatic heterocycles. The lowest BCUT2D eigenvalue weighted by molar-refractivity contribution is 0.103. The van der Waals surface area contributed by atoms with Gasteiger partial charge < -0.3 is 5.32 Å². The first-order valence-electron chi connectivity index (χ1n) is 8.71. The monoisotopic (exact) mass is 375 g/mol. The lowest BCUT2D eigenvalue weighted by Gasteiger charge is -2.28. The minimum Gasteiger partial charge on any atom is -0.340 e. The van der Waals surface area contributed by atoms with E-state index in [0.717, 1.165) is 0 Å². The number of H-pyrrole nitrogens is 1. The smallest absolute Gasteiger partial charge is 0.329 e. The Hall–Kier alpha value is -3.74.